The maximum Gasteiger partial charge on any atom is 0.0521 e. The van der Waals surface area contributed by atoms with Crippen LogP contribution in [-0.2, 0) is 19.4 Å². The molecule has 1 aromatic carbocycles. The van der Waals surface area contributed by atoms with Crippen LogP contribution in [-0.4, -0.2) is 21.5 Å². The zero-order valence-corrected chi connectivity index (χ0v) is 12.7. The standard InChI is InChI=1S/C15H19BrN2O/c1-2-18-10-13(9-17-18)7-12(11-19)8-14-5-3-4-6-15(14)16/h3-6,9-10,12,19H,2,7-8,11H2,1H3. The maximum absolute atomic E-state index is 9.56. The molecule has 0 saturated heterocycles. The Kier molecular flexibility index (Phi) is 5.16. The Labute approximate surface area is 122 Å². The molecular weight excluding hydrogens is 304 g/mol. The van der Waals surface area contributed by atoms with Crippen molar-refractivity contribution in [2.24, 2.45) is 5.92 Å². The Morgan fingerprint density at radius 3 is 2.74 bits per heavy atom. The Morgan fingerprint density at radius 1 is 1.32 bits per heavy atom. The number of rotatable bonds is 6. The van der Waals surface area contributed by atoms with Crippen LogP contribution in [0.1, 0.15) is 18.1 Å². The van der Waals surface area contributed by atoms with Crippen LogP contribution in [0.3, 0.4) is 0 Å². The first-order chi connectivity index (χ1) is 9.22. The SMILES string of the molecule is CCn1cc(CC(CO)Cc2ccccc2Br)cn1. The second-order valence-electron chi connectivity index (χ2n) is 4.75. The highest BCUT2D eigenvalue weighted by Crippen LogP contribution is 2.21. The molecule has 0 fully saturated rings. The Hall–Kier alpha value is -1.13. The summed E-state index contributed by atoms with van der Waals surface area (Å²) in [5, 5.41) is 13.8. The normalized spacial score (nSPS) is 12.6. The van der Waals surface area contributed by atoms with Gasteiger partial charge in [0.25, 0.3) is 0 Å². The molecule has 19 heavy (non-hydrogen) atoms. The van der Waals surface area contributed by atoms with Crippen molar-refractivity contribution < 1.29 is 5.11 Å². The molecule has 4 heteroatoms. The molecule has 0 radical (unpaired) electrons. The van der Waals surface area contributed by atoms with E-state index in [0.717, 1.165) is 23.9 Å². The number of halogens is 1. The third-order valence-corrected chi connectivity index (χ3v) is 4.03. The van der Waals surface area contributed by atoms with Crippen LogP contribution in [0.15, 0.2) is 41.1 Å². The van der Waals surface area contributed by atoms with Crippen molar-refractivity contribution in [3.05, 3.63) is 52.3 Å². The van der Waals surface area contributed by atoms with Crippen LogP contribution in [0.4, 0.5) is 0 Å². The minimum Gasteiger partial charge on any atom is -0.396 e. The van der Waals surface area contributed by atoms with E-state index in [4.69, 9.17) is 0 Å². The van der Waals surface area contributed by atoms with Crippen LogP contribution in [0, 0.1) is 5.92 Å². The van der Waals surface area contributed by atoms with E-state index >= 15 is 0 Å². The predicted octanol–water partition coefficient (Wildman–Crippen LogP) is 3.06. The summed E-state index contributed by atoms with van der Waals surface area (Å²) in [6.45, 7) is 3.15. The second kappa shape index (κ2) is 6.87. The van der Waals surface area contributed by atoms with Gasteiger partial charge < -0.3 is 5.11 Å². The summed E-state index contributed by atoms with van der Waals surface area (Å²) in [5.74, 6) is 0.230. The third kappa shape index (κ3) is 3.91. The van der Waals surface area contributed by atoms with Gasteiger partial charge in [0.1, 0.15) is 0 Å². The monoisotopic (exact) mass is 322 g/mol. The fourth-order valence-corrected chi connectivity index (χ4v) is 2.64. The largest absolute Gasteiger partial charge is 0.396 e. The lowest BCUT2D eigenvalue weighted by Crippen LogP contribution is -2.13. The van der Waals surface area contributed by atoms with E-state index in [0.29, 0.717) is 0 Å². The molecule has 0 aliphatic rings. The average Bonchev–Trinajstić information content (AvgIpc) is 2.88. The highest BCUT2D eigenvalue weighted by atomic mass is 79.9. The number of benzene rings is 1. The van der Waals surface area contributed by atoms with Crippen LogP contribution >= 0.6 is 15.9 Å². The average molecular weight is 323 g/mol. The molecule has 102 valence electrons. The first kappa shape index (κ1) is 14.3. The molecule has 1 heterocycles. The lowest BCUT2D eigenvalue weighted by Gasteiger charge is -2.14. The number of hydrogen-bond donors (Lipinski definition) is 1. The van der Waals surface area contributed by atoms with E-state index < -0.39 is 0 Å². The van der Waals surface area contributed by atoms with E-state index in [2.05, 4.69) is 40.2 Å². The van der Waals surface area contributed by atoms with Crippen LogP contribution in [0.25, 0.3) is 0 Å². The molecule has 1 unspecified atom stereocenters. The molecule has 1 N–H and O–H groups in total. The van der Waals surface area contributed by atoms with Crippen molar-refractivity contribution >= 4 is 15.9 Å². The third-order valence-electron chi connectivity index (χ3n) is 3.26. The van der Waals surface area contributed by atoms with Gasteiger partial charge in [-0.3, -0.25) is 4.68 Å². The van der Waals surface area contributed by atoms with Gasteiger partial charge >= 0.3 is 0 Å². The number of nitrogens with zero attached hydrogens (tertiary/aromatic N) is 2. The van der Waals surface area contributed by atoms with E-state index in [1.165, 1.54) is 11.1 Å². The first-order valence-electron chi connectivity index (χ1n) is 6.58. The zero-order chi connectivity index (χ0) is 13.7. The van der Waals surface area contributed by atoms with Crippen LogP contribution in [0.5, 0.6) is 0 Å². The molecule has 2 rings (SSSR count). The fourth-order valence-electron chi connectivity index (χ4n) is 2.19. The molecule has 1 atom stereocenters. The van der Waals surface area contributed by atoms with E-state index in [1.54, 1.807) is 0 Å². The van der Waals surface area contributed by atoms with Gasteiger partial charge in [-0.1, -0.05) is 34.1 Å². The summed E-state index contributed by atoms with van der Waals surface area (Å²) in [5.41, 5.74) is 2.43. The van der Waals surface area contributed by atoms with Crippen molar-refractivity contribution in [2.75, 3.05) is 6.61 Å². The number of aliphatic hydroxyl groups is 1. The van der Waals surface area contributed by atoms with Crippen molar-refractivity contribution in [3.63, 3.8) is 0 Å². The molecule has 0 saturated carbocycles. The number of hydrogen-bond acceptors (Lipinski definition) is 2. The molecule has 1 aromatic heterocycles. The number of aliphatic hydroxyl groups excluding tert-OH is 1. The molecule has 0 amide bonds. The van der Waals surface area contributed by atoms with Gasteiger partial charge in [0.2, 0.25) is 0 Å². The van der Waals surface area contributed by atoms with Gasteiger partial charge in [-0.2, -0.15) is 5.10 Å². The minimum absolute atomic E-state index is 0.193. The first-order valence-corrected chi connectivity index (χ1v) is 7.37. The molecule has 2 aromatic rings. The summed E-state index contributed by atoms with van der Waals surface area (Å²) >= 11 is 3.56. The summed E-state index contributed by atoms with van der Waals surface area (Å²) in [4.78, 5) is 0. The van der Waals surface area contributed by atoms with Gasteiger partial charge in [0.15, 0.2) is 0 Å². The van der Waals surface area contributed by atoms with Gasteiger partial charge in [0, 0.05) is 23.8 Å². The molecule has 0 aliphatic heterocycles. The molecule has 0 spiro atoms. The van der Waals surface area contributed by atoms with E-state index in [1.807, 2.05) is 29.1 Å². The zero-order valence-electron chi connectivity index (χ0n) is 11.1. The second-order valence-corrected chi connectivity index (χ2v) is 5.61. The fraction of sp³-hybridized carbons (Fsp3) is 0.400. The quantitative estimate of drug-likeness (QED) is 0.887. The van der Waals surface area contributed by atoms with Gasteiger partial charge in [-0.05, 0) is 42.9 Å². The molecular formula is C15H19BrN2O. The molecule has 3 nitrogen and oxygen atoms in total. The smallest absolute Gasteiger partial charge is 0.0521 e. The van der Waals surface area contributed by atoms with Gasteiger partial charge in [-0.15, -0.1) is 0 Å². The lowest BCUT2D eigenvalue weighted by molar-refractivity contribution is 0.225. The lowest BCUT2D eigenvalue weighted by atomic mass is 9.94. The Balaban J connectivity index is 2.02. The summed E-state index contributed by atoms with van der Waals surface area (Å²) in [6.07, 6.45) is 5.68. The Bertz CT molecular complexity index is 524. The van der Waals surface area contributed by atoms with Crippen LogP contribution < -0.4 is 0 Å². The summed E-state index contributed by atoms with van der Waals surface area (Å²) < 4.78 is 3.03. The minimum atomic E-state index is 0.193. The van der Waals surface area contributed by atoms with Crippen molar-refractivity contribution in [1.82, 2.24) is 9.78 Å². The number of aryl methyl sites for hydroxylation is 1. The molecule has 0 aliphatic carbocycles. The van der Waals surface area contributed by atoms with Crippen molar-refractivity contribution in [3.8, 4) is 0 Å². The Morgan fingerprint density at radius 2 is 2.11 bits per heavy atom. The van der Waals surface area contributed by atoms with Gasteiger partial charge in [0.05, 0.1) is 6.20 Å². The topological polar surface area (TPSA) is 38.0 Å². The summed E-state index contributed by atoms with van der Waals surface area (Å²) in [6, 6.07) is 8.18. The van der Waals surface area contributed by atoms with Crippen molar-refractivity contribution in [1.29, 1.82) is 0 Å². The predicted molar refractivity (Wildman–Crippen MR) is 80.0 cm³/mol. The maximum atomic E-state index is 9.56. The number of aromatic nitrogens is 2. The van der Waals surface area contributed by atoms with Crippen molar-refractivity contribution in [2.45, 2.75) is 26.3 Å². The van der Waals surface area contributed by atoms with Crippen LogP contribution in [0.2, 0.25) is 0 Å². The molecule has 0 bridgehead atoms. The van der Waals surface area contributed by atoms with Gasteiger partial charge in [-0.25, -0.2) is 0 Å². The van der Waals surface area contributed by atoms with E-state index in [9.17, 15) is 5.11 Å². The summed E-state index contributed by atoms with van der Waals surface area (Å²) in [7, 11) is 0. The van der Waals surface area contributed by atoms with E-state index in [-0.39, 0.29) is 12.5 Å². The highest BCUT2D eigenvalue weighted by Gasteiger charge is 2.12. The highest BCUT2D eigenvalue weighted by molar-refractivity contribution is 9.10.